The molecule has 31 heavy (non-hydrogen) atoms. The summed E-state index contributed by atoms with van der Waals surface area (Å²) in [6, 6.07) is 8.38. The average molecular weight is 420 g/mol. The molecule has 156 valence electrons. The second kappa shape index (κ2) is 8.49. The third-order valence-electron chi connectivity index (χ3n) is 4.40. The van der Waals surface area contributed by atoms with Crippen LogP contribution in [0.15, 0.2) is 61.2 Å². The summed E-state index contributed by atoms with van der Waals surface area (Å²) in [5.41, 5.74) is 1.19. The average Bonchev–Trinajstić information content (AvgIpc) is 3.11. The van der Waals surface area contributed by atoms with Gasteiger partial charge < -0.3 is 19.9 Å². The minimum Gasteiger partial charge on any atom is -0.489 e. The van der Waals surface area contributed by atoms with Gasteiger partial charge in [0.05, 0.1) is 11.8 Å². The Morgan fingerprint density at radius 3 is 2.52 bits per heavy atom. The maximum absolute atomic E-state index is 12.0. The number of rotatable bonds is 7. The SMILES string of the molecule is O=C1NC(=O)C(c2ccncc2Oc2ccc(OCc3cncc(C(=O)O)c3)cc2)N1. The lowest BCUT2D eigenvalue weighted by Gasteiger charge is -2.14. The molecule has 1 unspecified atom stereocenters. The normalized spacial score (nSPS) is 15.2. The van der Waals surface area contributed by atoms with Crippen LogP contribution in [-0.2, 0) is 11.4 Å². The monoisotopic (exact) mass is 420 g/mol. The zero-order valence-electron chi connectivity index (χ0n) is 15.9. The molecule has 1 atom stereocenters. The van der Waals surface area contributed by atoms with Crippen molar-refractivity contribution in [1.29, 1.82) is 0 Å². The number of hydrogen-bond donors (Lipinski definition) is 3. The van der Waals surface area contributed by atoms with Gasteiger partial charge in [-0.25, -0.2) is 9.59 Å². The largest absolute Gasteiger partial charge is 0.489 e. The third kappa shape index (κ3) is 4.58. The highest BCUT2D eigenvalue weighted by Crippen LogP contribution is 2.31. The number of amides is 3. The lowest BCUT2D eigenvalue weighted by atomic mass is 10.1. The Morgan fingerprint density at radius 2 is 1.81 bits per heavy atom. The van der Waals surface area contributed by atoms with Crippen molar-refractivity contribution in [2.24, 2.45) is 0 Å². The number of carboxylic acids is 1. The van der Waals surface area contributed by atoms with Crippen molar-refractivity contribution < 1.29 is 29.0 Å². The Balaban J connectivity index is 1.43. The second-order valence-corrected chi connectivity index (χ2v) is 6.56. The fourth-order valence-corrected chi connectivity index (χ4v) is 2.93. The molecule has 0 bridgehead atoms. The summed E-state index contributed by atoms with van der Waals surface area (Å²) in [5, 5.41) is 13.7. The highest BCUT2D eigenvalue weighted by atomic mass is 16.5. The number of carbonyl (C=O) groups is 3. The van der Waals surface area contributed by atoms with E-state index < -0.39 is 23.9 Å². The first-order chi connectivity index (χ1) is 15.0. The van der Waals surface area contributed by atoms with Crippen LogP contribution < -0.4 is 20.1 Å². The quantitative estimate of drug-likeness (QED) is 0.495. The number of nitrogens with zero attached hydrogens (tertiary/aromatic N) is 2. The Hall–Kier alpha value is -4.47. The van der Waals surface area contributed by atoms with Crippen molar-refractivity contribution in [2.45, 2.75) is 12.6 Å². The number of aromatic nitrogens is 2. The van der Waals surface area contributed by atoms with Crippen LogP contribution in [-0.4, -0.2) is 33.0 Å². The van der Waals surface area contributed by atoms with E-state index in [2.05, 4.69) is 20.6 Å². The lowest BCUT2D eigenvalue weighted by Crippen LogP contribution is -2.22. The van der Waals surface area contributed by atoms with Gasteiger partial charge in [-0.3, -0.25) is 20.1 Å². The van der Waals surface area contributed by atoms with Gasteiger partial charge in [-0.2, -0.15) is 0 Å². The number of carbonyl (C=O) groups excluding carboxylic acids is 2. The van der Waals surface area contributed by atoms with Gasteiger partial charge in [0, 0.05) is 29.7 Å². The highest BCUT2D eigenvalue weighted by Gasteiger charge is 2.33. The molecule has 3 N–H and O–H groups in total. The van der Waals surface area contributed by atoms with E-state index in [4.69, 9.17) is 14.6 Å². The van der Waals surface area contributed by atoms with E-state index in [1.165, 1.54) is 30.9 Å². The van der Waals surface area contributed by atoms with Crippen molar-refractivity contribution in [3.05, 3.63) is 77.9 Å². The van der Waals surface area contributed by atoms with E-state index >= 15 is 0 Å². The zero-order chi connectivity index (χ0) is 21.8. The summed E-state index contributed by atoms with van der Waals surface area (Å²) in [4.78, 5) is 42.3. The van der Waals surface area contributed by atoms with Crippen molar-refractivity contribution in [3.8, 4) is 17.2 Å². The number of hydrogen-bond acceptors (Lipinski definition) is 7. The summed E-state index contributed by atoms with van der Waals surface area (Å²) in [7, 11) is 0. The molecule has 1 saturated heterocycles. The van der Waals surface area contributed by atoms with Crippen LogP contribution >= 0.6 is 0 Å². The number of aromatic carboxylic acids is 1. The number of pyridine rings is 2. The van der Waals surface area contributed by atoms with Crippen LogP contribution in [0.2, 0.25) is 0 Å². The fourth-order valence-electron chi connectivity index (χ4n) is 2.93. The van der Waals surface area contributed by atoms with Crippen molar-refractivity contribution in [2.75, 3.05) is 0 Å². The number of carboxylic acid groups (broad SMARTS) is 1. The minimum atomic E-state index is -1.06. The van der Waals surface area contributed by atoms with Crippen LogP contribution in [0.5, 0.6) is 17.2 Å². The maximum Gasteiger partial charge on any atom is 0.337 e. The Kier molecular flexibility index (Phi) is 5.43. The molecule has 1 fully saturated rings. The van der Waals surface area contributed by atoms with Gasteiger partial charge in [0.25, 0.3) is 5.91 Å². The maximum atomic E-state index is 12.0. The minimum absolute atomic E-state index is 0.0873. The summed E-state index contributed by atoms with van der Waals surface area (Å²) in [5.74, 6) is -0.176. The van der Waals surface area contributed by atoms with E-state index in [-0.39, 0.29) is 12.2 Å². The standard InChI is InChI=1S/C21H16N4O6/c26-19-18(24-21(29)25-19)16-5-6-22-10-17(16)31-15-3-1-14(2-4-15)30-11-12-7-13(20(27)28)9-23-8-12/h1-10,18H,11H2,(H,27,28)(H2,24,25,26,29). The van der Waals surface area contributed by atoms with Crippen LogP contribution in [0.1, 0.15) is 27.5 Å². The number of ether oxygens (including phenoxy) is 2. The topological polar surface area (TPSA) is 140 Å². The van der Waals surface area contributed by atoms with E-state index in [0.29, 0.717) is 28.4 Å². The van der Waals surface area contributed by atoms with Gasteiger partial charge in [-0.1, -0.05) is 0 Å². The molecule has 0 spiro atoms. The fraction of sp³-hybridized carbons (Fsp3) is 0.0952. The molecule has 1 aliphatic heterocycles. The summed E-state index contributed by atoms with van der Waals surface area (Å²) in [6.07, 6.45) is 5.77. The molecule has 10 nitrogen and oxygen atoms in total. The van der Waals surface area contributed by atoms with Crippen molar-refractivity contribution in [1.82, 2.24) is 20.6 Å². The van der Waals surface area contributed by atoms with Crippen LogP contribution in [0.25, 0.3) is 0 Å². The first kappa shape index (κ1) is 19.8. The lowest BCUT2D eigenvalue weighted by molar-refractivity contribution is -0.120. The molecule has 1 aromatic carbocycles. The van der Waals surface area contributed by atoms with Gasteiger partial charge in [-0.05, 0) is 36.4 Å². The predicted molar refractivity (Wildman–Crippen MR) is 106 cm³/mol. The number of imide groups is 1. The second-order valence-electron chi connectivity index (χ2n) is 6.56. The van der Waals surface area contributed by atoms with Crippen LogP contribution in [0.4, 0.5) is 4.79 Å². The molecule has 2 aromatic heterocycles. The van der Waals surface area contributed by atoms with Gasteiger partial charge in [0.2, 0.25) is 0 Å². The van der Waals surface area contributed by atoms with Gasteiger partial charge in [0.15, 0.2) is 5.75 Å². The molecular weight excluding hydrogens is 404 g/mol. The number of urea groups is 1. The molecule has 3 aromatic rings. The first-order valence-corrected chi connectivity index (χ1v) is 9.13. The van der Waals surface area contributed by atoms with Gasteiger partial charge in [0.1, 0.15) is 24.1 Å². The molecule has 3 heterocycles. The Bertz CT molecular complexity index is 1150. The summed E-state index contributed by atoms with van der Waals surface area (Å²) < 4.78 is 11.5. The molecule has 0 radical (unpaired) electrons. The van der Waals surface area contributed by atoms with E-state index in [1.807, 2.05) is 0 Å². The molecule has 0 aliphatic carbocycles. The highest BCUT2D eigenvalue weighted by molar-refractivity contribution is 6.04. The molecular formula is C21H16N4O6. The first-order valence-electron chi connectivity index (χ1n) is 9.13. The van der Waals surface area contributed by atoms with Gasteiger partial charge in [-0.15, -0.1) is 0 Å². The van der Waals surface area contributed by atoms with E-state index in [1.54, 1.807) is 30.3 Å². The number of nitrogens with one attached hydrogen (secondary N) is 2. The van der Waals surface area contributed by atoms with Crippen molar-refractivity contribution in [3.63, 3.8) is 0 Å². The van der Waals surface area contributed by atoms with Crippen LogP contribution in [0.3, 0.4) is 0 Å². The summed E-state index contributed by atoms with van der Waals surface area (Å²) >= 11 is 0. The molecule has 1 aliphatic rings. The Morgan fingerprint density at radius 1 is 1.03 bits per heavy atom. The third-order valence-corrected chi connectivity index (χ3v) is 4.40. The number of benzene rings is 1. The molecule has 3 amide bonds. The molecule has 0 saturated carbocycles. The zero-order valence-corrected chi connectivity index (χ0v) is 15.9. The van der Waals surface area contributed by atoms with Gasteiger partial charge >= 0.3 is 12.0 Å². The molecule has 10 heteroatoms. The van der Waals surface area contributed by atoms with Crippen LogP contribution in [0, 0.1) is 0 Å². The van der Waals surface area contributed by atoms with E-state index in [9.17, 15) is 14.4 Å². The summed E-state index contributed by atoms with van der Waals surface area (Å²) in [6.45, 7) is 0.150. The molecule has 4 rings (SSSR count). The van der Waals surface area contributed by atoms with Crippen molar-refractivity contribution >= 4 is 17.9 Å². The smallest absolute Gasteiger partial charge is 0.337 e. The van der Waals surface area contributed by atoms with E-state index in [0.717, 1.165) is 0 Å². The Labute approximate surface area is 175 Å². The predicted octanol–water partition coefficient (Wildman–Crippen LogP) is 2.43.